The van der Waals surface area contributed by atoms with Crippen LogP contribution in [0.3, 0.4) is 0 Å². The fourth-order valence-corrected chi connectivity index (χ4v) is 3.79. The Balaban J connectivity index is 1.66. The molecule has 0 bridgehead atoms. The molecule has 2 aromatic carbocycles. The Morgan fingerprint density at radius 1 is 1.17 bits per heavy atom. The van der Waals surface area contributed by atoms with Crippen LogP contribution in [0.2, 0.25) is 0 Å². The van der Waals surface area contributed by atoms with E-state index in [0.717, 1.165) is 22.4 Å². The number of rotatable bonds is 6. The second kappa shape index (κ2) is 7.22. The fourth-order valence-electron chi connectivity index (χ4n) is 2.87. The summed E-state index contributed by atoms with van der Waals surface area (Å²) in [7, 11) is 0. The molecule has 3 nitrogen and oxygen atoms in total. The lowest BCUT2D eigenvalue weighted by Crippen LogP contribution is -2.15. The van der Waals surface area contributed by atoms with Gasteiger partial charge in [-0.05, 0) is 48.6 Å². The number of para-hydroxylation sites is 1. The lowest BCUT2D eigenvalue weighted by molar-refractivity contribution is 0.298. The SMILES string of the molecule is Cc1ccc(C(C)C)c(OCCCn2c(=O)sc3ccccc32)c1. The van der Waals surface area contributed by atoms with Crippen molar-refractivity contribution in [2.75, 3.05) is 6.61 Å². The molecule has 0 radical (unpaired) electrons. The zero-order chi connectivity index (χ0) is 17.1. The zero-order valence-electron chi connectivity index (χ0n) is 14.4. The molecule has 0 saturated heterocycles. The first-order chi connectivity index (χ1) is 11.6. The van der Waals surface area contributed by atoms with Crippen LogP contribution in [-0.4, -0.2) is 11.2 Å². The highest BCUT2D eigenvalue weighted by Crippen LogP contribution is 2.27. The minimum atomic E-state index is 0.106. The van der Waals surface area contributed by atoms with Crippen molar-refractivity contribution in [2.45, 2.75) is 39.7 Å². The maximum atomic E-state index is 12.1. The van der Waals surface area contributed by atoms with Crippen LogP contribution in [0.4, 0.5) is 0 Å². The minimum Gasteiger partial charge on any atom is -0.493 e. The van der Waals surface area contributed by atoms with E-state index in [9.17, 15) is 4.79 Å². The maximum absolute atomic E-state index is 12.1. The molecule has 0 atom stereocenters. The Kier molecular flexibility index (Phi) is 5.05. The predicted molar refractivity (Wildman–Crippen MR) is 101 cm³/mol. The molecule has 4 heteroatoms. The number of nitrogens with zero attached hydrogens (tertiary/aromatic N) is 1. The van der Waals surface area contributed by atoms with Gasteiger partial charge in [0, 0.05) is 6.54 Å². The summed E-state index contributed by atoms with van der Waals surface area (Å²) < 4.78 is 8.91. The van der Waals surface area contributed by atoms with Gasteiger partial charge in [-0.2, -0.15) is 0 Å². The van der Waals surface area contributed by atoms with Gasteiger partial charge in [0.15, 0.2) is 0 Å². The van der Waals surface area contributed by atoms with Crippen molar-refractivity contribution in [3.8, 4) is 5.75 Å². The van der Waals surface area contributed by atoms with Gasteiger partial charge in [0.2, 0.25) is 0 Å². The first-order valence-electron chi connectivity index (χ1n) is 8.38. The summed E-state index contributed by atoms with van der Waals surface area (Å²) in [5, 5.41) is 0. The second-order valence-corrected chi connectivity index (χ2v) is 7.38. The summed E-state index contributed by atoms with van der Waals surface area (Å²) in [6.07, 6.45) is 0.812. The number of aromatic nitrogens is 1. The number of thiazole rings is 1. The first-order valence-corrected chi connectivity index (χ1v) is 9.19. The lowest BCUT2D eigenvalue weighted by atomic mass is 10.0. The van der Waals surface area contributed by atoms with Gasteiger partial charge in [-0.15, -0.1) is 0 Å². The van der Waals surface area contributed by atoms with Crippen molar-refractivity contribution in [3.05, 3.63) is 63.3 Å². The topological polar surface area (TPSA) is 31.2 Å². The smallest absolute Gasteiger partial charge is 0.308 e. The Labute approximate surface area is 146 Å². The molecule has 0 aliphatic heterocycles. The van der Waals surface area contributed by atoms with Crippen molar-refractivity contribution < 1.29 is 4.74 Å². The summed E-state index contributed by atoms with van der Waals surface area (Å²) in [6.45, 7) is 7.72. The molecule has 0 saturated carbocycles. The van der Waals surface area contributed by atoms with Crippen molar-refractivity contribution in [2.24, 2.45) is 0 Å². The molecule has 0 aliphatic carbocycles. The Morgan fingerprint density at radius 3 is 2.75 bits per heavy atom. The minimum absolute atomic E-state index is 0.106. The van der Waals surface area contributed by atoms with E-state index in [1.165, 1.54) is 22.5 Å². The van der Waals surface area contributed by atoms with E-state index in [-0.39, 0.29) is 4.87 Å². The summed E-state index contributed by atoms with van der Waals surface area (Å²) >= 11 is 1.31. The van der Waals surface area contributed by atoms with Crippen LogP contribution in [0.5, 0.6) is 5.75 Å². The number of hydrogen-bond acceptors (Lipinski definition) is 3. The van der Waals surface area contributed by atoms with E-state index < -0.39 is 0 Å². The Hall–Kier alpha value is -2.07. The Morgan fingerprint density at radius 2 is 1.96 bits per heavy atom. The van der Waals surface area contributed by atoms with Gasteiger partial charge in [-0.3, -0.25) is 9.36 Å². The van der Waals surface area contributed by atoms with Crippen LogP contribution in [0.25, 0.3) is 10.2 Å². The molecule has 0 fully saturated rings. The van der Waals surface area contributed by atoms with Gasteiger partial charge < -0.3 is 4.74 Å². The second-order valence-electron chi connectivity index (χ2n) is 6.39. The zero-order valence-corrected chi connectivity index (χ0v) is 15.2. The van der Waals surface area contributed by atoms with Crippen molar-refractivity contribution in [1.82, 2.24) is 4.57 Å². The summed E-state index contributed by atoms with van der Waals surface area (Å²) in [5.74, 6) is 1.40. The van der Waals surface area contributed by atoms with Crippen LogP contribution >= 0.6 is 11.3 Å². The summed E-state index contributed by atoms with van der Waals surface area (Å²) in [5.41, 5.74) is 3.46. The molecule has 126 valence electrons. The number of benzene rings is 2. The number of ether oxygens (including phenoxy) is 1. The number of aryl methyl sites for hydroxylation is 2. The van der Waals surface area contributed by atoms with Gasteiger partial charge in [0.05, 0.1) is 16.8 Å². The molecule has 0 aliphatic rings. The number of hydrogen-bond donors (Lipinski definition) is 0. The largest absolute Gasteiger partial charge is 0.493 e. The fraction of sp³-hybridized carbons (Fsp3) is 0.350. The molecule has 0 N–H and O–H groups in total. The van der Waals surface area contributed by atoms with Crippen molar-refractivity contribution in [1.29, 1.82) is 0 Å². The molecule has 0 amide bonds. The van der Waals surface area contributed by atoms with E-state index in [2.05, 4.69) is 39.0 Å². The van der Waals surface area contributed by atoms with Crippen molar-refractivity contribution >= 4 is 21.6 Å². The molecule has 3 rings (SSSR count). The third kappa shape index (κ3) is 3.54. The van der Waals surface area contributed by atoms with Crippen LogP contribution in [0.15, 0.2) is 47.3 Å². The lowest BCUT2D eigenvalue weighted by Gasteiger charge is -2.15. The third-order valence-corrected chi connectivity index (χ3v) is 5.11. The van der Waals surface area contributed by atoms with E-state index >= 15 is 0 Å². The van der Waals surface area contributed by atoms with E-state index in [1.54, 1.807) is 0 Å². The van der Waals surface area contributed by atoms with Gasteiger partial charge in [0.25, 0.3) is 0 Å². The van der Waals surface area contributed by atoms with E-state index in [4.69, 9.17) is 4.74 Å². The summed E-state index contributed by atoms with van der Waals surface area (Å²) in [6, 6.07) is 14.3. The highest BCUT2D eigenvalue weighted by Gasteiger charge is 2.09. The average Bonchev–Trinajstić information content (AvgIpc) is 2.87. The first kappa shape index (κ1) is 16.8. The van der Waals surface area contributed by atoms with Gasteiger partial charge >= 0.3 is 4.87 Å². The maximum Gasteiger partial charge on any atom is 0.308 e. The van der Waals surface area contributed by atoms with Crippen LogP contribution < -0.4 is 9.61 Å². The third-order valence-electron chi connectivity index (χ3n) is 4.15. The molecule has 3 aromatic rings. The standard InChI is InChI=1S/C20H23NO2S/c1-14(2)16-10-9-15(3)13-18(16)23-12-6-11-21-17-7-4-5-8-19(17)24-20(21)22/h4-5,7-10,13-14H,6,11-12H2,1-3H3. The van der Waals surface area contributed by atoms with Crippen LogP contribution in [0.1, 0.15) is 37.3 Å². The van der Waals surface area contributed by atoms with Crippen molar-refractivity contribution in [3.63, 3.8) is 0 Å². The van der Waals surface area contributed by atoms with Crippen LogP contribution in [0, 0.1) is 6.92 Å². The Bertz CT molecular complexity index is 892. The molecule has 0 spiro atoms. The molecular weight excluding hydrogens is 318 g/mol. The van der Waals surface area contributed by atoms with Crippen LogP contribution in [-0.2, 0) is 6.54 Å². The quantitative estimate of drug-likeness (QED) is 0.593. The average molecular weight is 341 g/mol. The monoisotopic (exact) mass is 341 g/mol. The predicted octanol–water partition coefficient (Wildman–Crippen LogP) is 4.96. The van der Waals surface area contributed by atoms with Gasteiger partial charge in [-0.25, -0.2) is 0 Å². The van der Waals surface area contributed by atoms with E-state index in [0.29, 0.717) is 19.1 Å². The van der Waals surface area contributed by atoms with Gasteiger partial charge in [0.1, 0.15) is 5.75 Å². The highest BCUT2D eigenvalue weighted by molar-refractivity contribution is 7.16. The highest BCUT2D eigenvalue weighted by atomic mass is 32.1. The number of fused-ring (bicyclic) bond motifs is 1. The van der Waals surface area contributed by atoms with E-state index in [1.807, 2.05) is 28.8 Å². The molecule has 1 heterocycles. The molecule has 24 heavy (non-hydrogen) atoms. The van der Waals surface area contributed by atoms with Gasteiger partial charge in [-0.1, -0.05) is 49.4 Å². The molecule has 1 aromatic heterocycles. The normalized spacial score (nSPS) is 11.3. The summed E-state index contributed by atoms with van der Waals surface area (Å²) in [4.78, 5) is 12.2. The molecule has 0 unspecified atom stereocenters. The molecular formula is C20H23NO2S.